The number of ether oxygens (including phenoxy) is 1. The van der Waals surface area contributed by atoms with Crippen LogP contribution >= 0.6 is 0 Å². The van der Waals surface area contributed by atoms with Gasteiger partial charge >= 0.3 is 12.1 Å². The molecule has 32 heavy (non-hydrogen) atoms. The number of nitrogens with zero attached hydrogens (tertiary/aromatic N) is 4. The van der Waals surface area contributed by atoms with E-state index in [0.29, 0.717) is 12.6 Å². The Kier molecular flexibility index (Phi) is 6.01. The zero-order valence-corrected chi connectivity index (χ0v) is 19.3. The first-order chi connectivity index (χ1) is 15.6. The number of fused-ring (bicyclic) bond motifs is 2. The van der Waals surface area contributed by atoms with E-state index in [9.17, 15) is 9.59 Å². The highest BCUT2D eigenvalue weighted by atomic mass is 16.6. The maximum atomic E-state index is 13.3. The topological polar surface area (TPSA) is 56.3 Å². The van der Waals surface area contributed by atoms with E-state index in [1.165, 1.54) is 5.56 Å². The lowest BCUT2D eigenvalue weighted by atomic mass is 9.74. The van der Waals surface area contributed by atoms with E-state index in [0.717, 1.165) is 90.0 Å². The minimum Gasteiger partial charge on any atom is -0.450 e. The average molecular weight is 441 g/mol. The number of carbonyl (C=O) groups excluding carboxylic acids is 2. The molecular formula is C25H36N4O3. The summed E-state index contributed by atoms with van der Waals surface area (Å²) in [5.74, 6) is 0. The molecule has 1 aromatic rings. The summed E-state index contributed by atoms with van der Waals surface area (Å²) >= 11 is 0. The third-order valence-electron chi connectivity index (χ3n) is 8.10. The molecule has 3 amide bonds. The van der Waals surface area contributed by atoms with Gasteiger partial charge in [0.05, 0.1) is 6.61 Å². The Labute approximate surface area is 191 Å². The fourth-order valence-electron chi connectivity index (χ4n) is 6.25. The van der Waals surface area contributed by atoms with Gasteiger partial charge in [-0.2, -0.15) is 0 Å². The van der Waals surface area contributed by atoms with Crippen molar-refractivity contribution in [3.8, 4) is 0 Å². The summed E-state index contributed by atoms with van der Waals surface area (Å²) in [6.07, 6.45) is 6.28. The molecule has 0 saturated carbocycles. The minimum atomic E-state index is -0.172. The van der Waals surface area contributed by atoms with E-state index in [4.69, 9.17) is 4.74 Å². The molecule has 1 spiro atoms. The molecule has 0 aromatic heterocycles. The van der Waals surface area contributed by atoms with E-state index in [-0.39, 0.29) is 17.5 Å². The number of para-hydroxylation sites is 1. The van der Waals surface area contributed by atoms with Crippen LogP contribution in [0.3, 0.4) is 0 Å². The van der Waals surface area contributed by atoms with Crippen LogP contribution in [-0.2, 0) is 10.2 Å². The van der Waals surface area contributed by atoms with Crippen LogP contribution in [0.1, 0.15) is 51.0 Å². The van der Waals surface area contributed by atoms with Crippen molar-refractivity contribution < 1.29 is 14.3 Å². The maximum Gasteiger partial charge on any atom is 0.409 e. The Balaban J connectivity index is 1.23. The molecule has 0 unspecified atom stereocenters. The lowest BCUT2D eigenvalue weighted by Gasteiger charge is -2.45. The number of rotatable bonds is 2. The van der Waals surface area contributed by atoms with Crippen molar-refractivity contribution in [3.63, 3.8) is 0 Å². The van der Waals surface area contributed by atoms with Gasteiger partial charge in [-0.25, -0.2) is 9.59 Å². The van der Waals surface area contributed by atoms with Gasteiger partial charge in [0.15, 0.2) is 0 Å². The SMILES string of the molecule is CCOC(=O)N1CCC(N2CCC3(CC2)CN(C(=O)N2CCCC2)c2ccccc23)CC1. The Morgan fingerprint density at radius 2 is 1.66 bits per heavy atom. The van der Waals surface area contributed by atoms with Crippen LogP contribution in [0.2, 0.25) is 0 Å². The van der Waals surface area contributed by atoms with Crippen molar-refractivity contribution in [3.05, 3.63) is 29.8 Å². The molecule has 1 aromatic carbocycles. The van der Waals surface area contributed by atoms with Crippen molar-refractivity contribution in [2.24, 2.45) is 0 Å². The van der Waals surface area contributed by atoms with Gasteiger partial charge < -0.3 is 19.4 Å². The molecule has 0 radical (unpaired) electrons. The molecule has 3 fully saturated rings. The molecule has 174 valence electrons. The number of likely N-dealkylation sites (tertiary alicyclic amines) is 3. The highest BCUT2D eigenvalue weighted by Gasteiger charge is 2.47. The molecule has 0 atom stereocenters. The summed E-state index contributed by atoms with van der Waals surface area (Å²) in [5.41, 5.74) is 2.57. The Morgan fingerprint density at radius 1 is 0.969 bits per heavy atom. The van der Waals surface area contributed by atoms with Gasteiger partial charge in [0.2, 0.25) is 0 Å². The highest BCUT2D eigenvalue weighted by molar-refractivity contribution is 5.95. The summed E-state index contributed by atoms with van der Waals surface area (Å²) in [6.45, 7) is 8.58. The zero-order chi connectivity index (χ0) is 22.1. The van der Waals surface area contributed by atoms with E-state index >= 15 is 0 Å². The first-order valence-electron chi connectivity index (χ1n) is 12.4. The molecule has 0 N–H and O–H groups in total. The van der Waals surface area contributed by atoms with Crippen LogP contribution in [0, 0.1) is 0 Å². The normalized spacial score (nSPS) is 23.6. The van der Waals surface area contributed by atoms with Crippen LogP contribution in [-0.4, -0.2) is 85.3 Å². The molecule has 0 bridgehead atoms. The number of carbonyl (C=O) groups is 2. The van der Waals surface area contributed by atoms with Gasteiger partial charge in [0.1, 0.15) is 0 Å². The van der Waals surface area contributed by atoms with E-state index in [1.54, 1.807) is 0 Å². The van der Waals surface area contributed by atoms with Crippen molar-refractivity contribution in [2.45, 2.75) is 56.9 Å². The second-order valence-electron chi connectivity index (χ2n) is 9.81. The second-order valence-corrected chi connectivity index (χ2v) is 9.81. The minimum absolute atomic E-state index is 0.0775. The van der Waals surface area contributed by atoms with Crippen LogP contribution < -0.4 is 4.90 Å². The van der Waals surface area contributed by atoms with Gasteiger partial charge in [-0.15, -0.1) is 0 Å². The van der Waals surface area contributed by atoms with Crippen molar-refractivity contribution in [1.29, 1.82) is 0 Å². The van der Waals surface area contributed by atoms with Crippen molar-refractivity contribution >= 4 is 17.8 Å². The molecule has 0 aliphatic carbocycles. The third-order valence-corrected chi connectivity index (χ3v) is 8.10. The maximum absolute atomic E-state index is 13.3. The van der Waals surface area contributed by atoms with E-state index in [1.807, 2.05) is 16.7 Å². The summed E-state index contributed by atoms with van der Waals surface area (Å²) in [7, 11) is 0. The number of hydrogen-bond acceptors (Lipinski definition) is 4. The molecular weight excluding hydrogens is 404 g/mol. The van der Waals surface area contributed by atoms with E-state index < -0.39 is 0 Å². The highest BCUT2D eigenvalue weighted by Crippen LogP contribution is 2.47. The standard InChI is InChI=1S/C25H36N4O3/c1-2-32-24(31)28-15-9-20(10-16-28)26-17-11-25(12-18-26)19-29(22-8-4-3-7-21(22)25)23(30)27-13-5-6-14-27/h3-4,7-8,20H,2,5-6,9-19H2,1H3. The predicted octanol–water partition coefficient (Wildman–Crippen LogP) is 3.68. The number of amides is 3. The van der Waals surface area contributed by atoms with Crippen LogP contribution in [0.15, 0.2) is 24.3 Å². The molecule has 4 heterocycles. The monoisotopic (exact) mass is 440 g/mol. The third kappa shape index (κ3) is 3.85. The Hall–Kier alpha value is -2.28. The average Bonchev–Trinajstić information content (AvgIpc) is 3.48. The Bertz CT molecular complexity index is 837. The molecule has 7 heteroatoms. The van der Waals surface area contributed by atoms with Gasteiger partial charge in [-0.1, -0.05) is 18.2 Å². The smallest absolute Gasteiger partial charge is 0.409 e. The van der Waals surface area contributed by atoms with Gasteiger partial charge in [-0.3, -0.25) is 4.90 Å². The first kappa shape index (κ1) is 21.6. The molecule has 3 saturated heterocycles. The van der Waals surface area contributed by atoms with Crippen LogP contribution in [0.5, 0.6) is 0 Å². The summed E-state index contributed by atoms with van der Waals surface area (Å²) in [4.78, 5) is 33.9. The fourth-order valence-corrected chi connectivity index (χ4v) is 6.25. The predicted molar refractivity (Wildman–Crippen MR) is 124 cm³/mol. The molecule has 5 rings (SSSR count). The van der Waals surface area contributed by atoms with Crippen LogP contribution in [0.4, 0.5) is 15.3 Å². The van der Waals surface area contributed by atoms with Gasteiger partial charge in [-0.05, 0) is 70.2 Å². The van der Waals surface area contributed by atoms with Crippen LogP contribution in [0.25, 0.3) is 0 Å². The zero-order valence-electron chi connectivity index (χ0n) is 19.3. The molecule has 4 aliphatic rings. The van der Waals surface area contributed by atoms with Crippen molar-refractivity contribution in [2.75, 3.05) is 57.3 Å². The molecule has 4 aliphatic heterocycles. The summed E-state index contributed by atoms with van der Waals surface area (Å²) < 4.78 is 5.16. The number of piperidine rings is 2. The van der Waals surface area contributed by atoms with Crippen molar-refractivity contribution in [1.82, 2.24) is 14.7 Å². The lowest BCUT2D eigenvalue weighted by Crippen LogP contribution is -2.53. The fraction of sp³-hybridized carbons (Fsp3) is 0.680. The quantitative estimate of drug-likeness (QED) is 0.704. The van der Waals surface area contributed by atoms with Gasteiger partial charge in [0.25, 0.3) is 0 Å². The number of anilines is 1. The van der Waals surface area contributed by atoms with Gasteiger partial charge in [0, 0.05) is 49.9 Å². The largest absolute Gasteiger partial charge is 0.450 e. The summed E-state index contributed by atoms with van der Waals surface area (Å²) in [5, 5.41) is 0. The lowest BCUT2D eigenvalue weighted by molar-refractivity contribution is 0.0580. The number of benzene rings is 1. The number of hydrogen-bond donors (Lipinski definition) is 0. The first-order valence-corrected chi connectivity index (χ1v) is 12.4. The molecule has 7 nitrogen and oxygen atoms in total. The Morgan fingerprint density at radius 3 is 2.34 bits per heavy atom. The second kappa shape index (κ2) is 8.93. The van der Waals surface area contributed by atoms with E-state index in [2.05, 4.69) is 34.1 Å². The summed E-state index contributed by atoms with van der Waals surface area (Å²) in [6, 6.07) is 9.31. The number of urea groups is 1.